The molecule has 0 unspecified atom stereocenters. The number of aromatic nitrogens is 4. The predicted molar refractivity (Wildman–Crippen MR) is 88.2 cm³/mol. The van der Waals surface area contributed by atoms with E-state index >= 15 is 0 Å². The fraction of sp³-hybridized carbons (Fsp3) is 0.312. The van der Waals surface area contributed by atoms with Crippen molar-refractivity contribution in [2.75, 3.05) is 0 Å². The highest BCUT2D eigenvalue weighted by Crippen LogP contribution is 2.30. The topological polar surface area (TPSA) is 91.0 Å². The molecule has 3 aromatic heterocycles. The highest BCUT2D eigenvalue weighted by atomic mass is 32.1. The lowest BCUT2D eigenvalue weighted by molar-refractivity contribution is -0.154. The van der Waals surface area contributed by atoms with Gasteiger partial charge in [-0.05, 0) is 32.9 Å². The van der Waals surface area contributed by atoms with Crippen LogP contribution in [0.1, 0.15) is 26.6 Å². The molecule has 3 aromatic rings. The van der Waals surface area contributed by atoms with E-state index in [1.807, 2.05) is 32.9 Å². The first-order chi connectivity index (χ1) is 11.4. The van der Waals surface area contributed by atoms with E-state index in [2.05, 4.69) is 20.1 Å². The molecular formula is C16H16N4O3S. The summed E-state index contributed by atoms with van der Waals surface area (Å²) in [6.07, 6.45) is 5.06. The molecule has 0 atom stereocenters. The molecule has 0 aliphatic carbocycles. The number of nitrogens with zero attached hydrogens (tertiary/aromatic N) is 4. The first kappa shape index (κ1) is 16.3. The number of hydrogen-bond acceptors (Lipinski definition) is 8. The summed E-state index contributed by atoms with van der Waals surface area (Å²) in [5.41, 5.74) is 0.426. The Morgan fingerprint density at radius 1 is 1.29 bits per heavy atom. The Bertz CT molecular complexity index is 836. The summed E-state index contributed by atoms with van der Waals surface area (Å²) in [6.45, 7) is 5.43. The second-order valence-electron chi connectivity index (χ2n) is 6.04. The molecule has 24 heavy (non-hydrogen) atoms. The third kappa shape index (κ3) is 4.02. The second kappa shape index (κ2) is 6.48. The summed E-state index contributed by atoms with van der Waals surface area (Å²) in [7, 11) is 0. The van der Waals surface area contributed by atoms with E-state index < -0.39 is 11.6 Å². The SMILES string of the molecule is CC(C)(C)OC(=O)Cc1noc(-c2cnc(-c3ccncc3)s2)n1. The minimum Gasteiger partial charge on any atom is -0.460 e. The van der Waals surface area contributed by atoms with Crippen molar-refractivity contribution in [2.24, 2.45) is 0 Å². The van der Waals surface area contributed by atoms with Gasteiger partial charge >= 0.3 is 5.97 Å². The number of pyridine rings is 1. The van der Waals surface area contributed by atoms with Gasteiger partial charge in [0.05, 0.1) is 6.20 Å². The van der Waals surface area contributed by atoms with Gasteiger partial charge < -0.3 is 9.26 Å². The first-order valence-corrected chi connectivity index (χ1v) is 8.13. The second-order valence-corrected chi connectivity index (χ2v) is 7.08. The molecule has 0 bridgehead atoms. The molecule has 0 saturated heterocycles. The van der Waals surface area contributed by atoms with Gasteiger partial charge in [0.15, 0.2) is 5.82 Å². The van der Waals surface area contributed by atoms with Gasteiger partial charge in [0, 0.05) is 18.0 Å². The molecule has 0 aromatic carbocycles. The maximum atomic E-state index is 11.8. The van der Waals surface area contributed by atoms with Crippen LogP contribution in [0.15, 0.2) is 35.2 Å². The third-order valence-corrected chi connectivity index (χ3v) is 3.87. The lowest BCUT2D eigenvalue weighted by Gasteiger charge is -2.18. The van der Waals surface area contributed by atoms with Crippen LogP contribution in [0, 0.1) is 0 Å². The highest BCUT2D eigenvalue weighted by Gasteiger charge is 2.20. The van der Waals surface area contributed by atoms with Gasteiger partial charge in [-0.25, -0.2) is 4.98 Å². The predicted octanol–water partition coefficient (Wildman–Crippen LogP) is 3.14. The van der Waals surface area contributed by atoms with E-state index in [-0.39, 0.29) is 12.2 Å². The van der Waals surface area contributed by atoms with Crippen molar-refractivity contribution in [1.29, 1.82) is 0 Å². The zero-order valence-corrected chi connectivity index (χ0v) is 14.3. The molecule has 0 saturated carbocycles. The van der Waals surface area contributed by atoms with Gasteiger partial charge in [-0.2, -0.15) is 4.98 Å². The van der Waals surface area contributed by atoms with Crippen LogP contribution in [0.25, 0.3) is 21.3 Å². The lowest BCUT2D eigenvalue weighted by Crippen LogP contribution is -2.25. The third-order valence-electron chi connectivity index (χ3n) is 2.83. The number of hydrogen-bond donors (Lipinski definition) is 0. The van der Waals surface area contributed by atoms with E-state index in [1.54, 1.807) is 18.6 Å². The largest absolute Gasteiger partial charge is 0.460 e. The summed E-state index contributed by atoms with van der Waals surface area (Å²) in [6, 6.07) is 3.76. The van der Waals surface area contributed by atoms with Crippen LogP contribution in [0.2, 0.25) is 0 Å². The maximum Gasteiger partial charge on any atom is 0.314 e. The Morgan fingerprint density at radius 3 is 2.75 bits per heavy atom. The number of carbonyl (C=O) groups excluding carboxylic acids is 1. The molecule has 0 radical (unpaired) electrons. The van der Waals surface area contributed by atoms with Gasteiger partial charge in [0.25, 0.3) is 5.89 Å². The Morgan fingerprint density at radius 2 is 2.04 bits per heavy atom. The molecule has 0 spiro atoms. The molecule has 0 amide bonds. The summed E-state index contributed by atoms with van der Waals surface area (Å²) in [5, 5.41) is 4.66. The Kier molecular flexibility index (Phi) is 4.39. The highest BCUT2D eigenvalue weighted by molar-refractivity contribution is 7.18. The van der Waals surface area contributed by atoms with Crippen LogP contribution < -0.4 is 0 Å². The number of esters is 1. The van der Waals surface area contributed by atoms with Gasteiger partial charge in [-0.1, -0.05) is 5.16 Å². The molecule has 7 nitrogen and oxygen atoms in total. The van der Waals surface area contributed by atoms with Gasteiger partial charge in [-0.15, -0.1) is 11.3 Å². The molecule has 0 aliphatic heterocycles. The standard InChI is InChI=1S/C16H16N4O3S/c1-16(2,3)22-13(21)8-12-19-14(23-20-12)11-9-18-15(24-11)10-4-6-17-7-5-10/h4-7,9H,8H2,1-3H3. The fourth-order valence-electron chi connectivity index (χ4n) is 1.93. The van der Waals surface area contributed by atoms with Crippen molar-refractivity contribution in [1.82, 2.24) is 20.1 Å². The molecule has 124 valence electrons. The molecule has 0 fully saturated rings. The van der Waals surface area contributed by atoms with Crippen molar-refractivity contribution in [3.05, 3.63) is 36.5 Å². The van der Waals surface area contributed by atoms with Crippen LogP contribution in [0.4, 0.5) is 0 Å². The average Bonchev–Trinajstić information content (AvgIpc) is 3.15. The molecular weight excluding hydrogens is 328 g/mol. The molecule has 8 heteroatoms. The minimum absolute atomic E-state index is 0.0310. The number of carbonyl (C=O) groups is 1. The first-order valence-electron chi connectivity index (χ1n) is 7.32. The number of thiazole rings is 1. The summed E-state index contributed by atoms with van der Waals surface area (Å²) in [5.74, 6) is 0.237. The van der Waals surface area contributed by atoms with Crippen LogP contribution in [0.3, 0.4) is 0 Å². The van der Waals surface area contributed by atoms with E-state index in [9.17, 15) is 4.79 Å². The molecule has 3 heterocycles. The van der Waals surface area contributed by atoms with Gasteiger partial charge in [-0.3, -0.25) is 9.78 Å². The summed E-state index contributed by atoms with van der Waals surface area (Å²) in [4.78, 5) is 25.1. The van der Waals surface area contributed by atoms with E-state index in [0.717, 1.165) is 15.4 Å². The summed E-state index contributed by atoms with van der Waals surface area (Å²) < 4.78 is 10.5. The quantitative estimate of drug-likeness (QED) is 0.671. The number of ether oxygens (including phenoxy) is 1. The molecule has 3 rings (SSSR count). The van der Waals surface area contributed by atoms with Crippen molar-refractivity contribution in [3.8, 4) is 21.3 Å². The van der Waals surface area contributed by atoms with Crippen molar-refractivity contribution in [2.45, 2.75) is 32.8 Å². The van der Waals surface area contributed by atoms with Crippen molar-refractivity contribution < 1.29 is 14.1 Å². The van der Waals surface area contributed by atoms with Gasteiger partial charge in [0.1, 0.15) is 21.9 Å². The Labute approximate surface area is 142 Å². The Balaban J connectivity index is 1.72. The fourth-order valence-corrected chi connectivity index (χ4v) is 2.78. The maximum absolute atomic E-state index is 11.8. The smallest absolute Gasteiger partial charge is 0.314 e. The van der Waals surface area contributed by atoms with Crippen molar-refractivity contribution in [3.63, 3.8) is 0 Å². The Hall–Kier alpha value is -2.61. The van der Waals surface area contributed by atoms with Crippen LogP contribution in [0.5, 0.6) is 0 Å². The monoisotopic (exact) mass is 344 g/mol. The van der Waals surface area contributed by atoms with Crippen LogP contribution in [-0.4, -0.2) is 31.7 Å². The molecule has 0 aliphatic rings. The van der Waals surface area contributed by atoms with E-state index in [1.165, 1.54) is 11.3 Å². The van der Waals surface area contributed by atoms with Crippen LogP contribution >= 0.6 is 11.3 Å². The number of rotatable bonds is 4. The van der Waals surface area contributed by atoms with Crippen LogP contribution in [-0.2, 0) is 16.0 Å². The zero-order chi connectivity index (χ0) is 17.2. The zero-order valence-electron chi connectivity index (χ0n) is 13.5. The van der Waals surface area contributed by atoms with E-state index in [0.29, 0.717) is 5.89 Å². The van der Waals surface area contributed by atoms with Crippen molar-refractivity contribution >= 4 is 17.3 Å². The normalized spacial score (nSPS) is 11.5. The minimum atomic E-state index is -0.541. The average molecular weight is 344 g/mol. The van der Waals surface area contributed by atoms with E-state index in [4.69, 9.17) is 9.26 Å². The molecule has 0 N–H and O–H groups in total. The summed E-state index contributed by atoms with van der Waals surface area (Å²) >= 11 is 1.43. The van der Waals surface area contributed by atoms with Gasteiger partial charge in [0.2, 0.25) is 0 Å². The lowest BCUT2D eigenvalue weighted by atomic mass is 10.2.